The monoisotopic (exact) mass is 1400 g/mol. The zero-order chi connectivity index (χ0) is 65.5. The predicted molar refractivity (Wildman–Crippen MR) is 386 cm³/mol. The average Bonchev–Trinajstić information content (AvgIpc) is 0.993. The van der Waals surface area contributed by atoms with Crippen LogP contribution < -0.4 is 61.1 Å². The van der Waals surface area contributed by atoms with Gasteiger partial charge in [-0.05, 0) is 144 Å². The largest absolute Gasteiger partial charge is 1.00 e. The Morgan fingerprint density at radius 1 is 0.565 bits per heavy atom. The lowest BCUT2D eigenvalue weighted by atomic mass is 9.93. The van der Waals surface area contributed by atoms with Crippen LogP contribution in [-0.2, 0) is 6.42 Å². The minimum atomic E-state index is -0.889. The van der Waals surface area contributed by atoms with E-state index in [0.717, 1.165) is 100 Å². The Bertz CT molecular complexity index is 4580. The van der Waals surface area contributed by atoms with E-state index in [1.807, 2.05) is 172 Å². The maximum atomic E-state index is 14.0. The van der Waals surface area contributed by atoms with Crippen molar-refractivity contribution in [2.45, 2.75) is 20.3 Å². The number of hydrogen-bond donors (Lipinski definition) is 1. The zero-order valence-electron chi connectivity index (χ0n) is 52.4. The number of halogens is 3. The molecule has 0 radical (unpaired) electrons. The molecule has 25 heteroatoms. The molecule has 2 aliphatic rings. The van der Waals surface area contributed by atoms with E-state index < -0.39 is 10.8 Å². The Morgan fingerprint density at radius 3 is 1.60 bits per heavy atom. The fourth-order valence-corrected chi connectivity index (χ4v) is 14.0. The molecule has 4 aromatic heterocycles. The number of carbonyl (C=O) groups is 2. The van der Waals surface area contributed by atoms with Crippen LogP contribution in [0.4, 0.5) is 66.5 Å². The maximum absolute atomic E-state index is 14.0. The van der Waals surface area contributed by atoms with Gasteiger partial charge in [-0.1, -0.05) is 102 Å². The van der Waals surface area contributed by atoms with Gasteiger partial charge in [-0.2, -0.15) is 9.25 Å². The van der Waals surface area contributed by atoms with Gasteiger partial charge in [-0.15, -0.1) is 27.4 Å². The molecule has 0 atom stereocenters. The fraction of sp³-hybridized carbons (Fsp3) is 0.194. The van der Waals surface area contributed by atoms with Crippen LogP contribution in [0, 0.1) is 21.8 Å². The van der Waals surface area contributed by atoms with Gasteiger partial charge < -0.3 is 51.9 Å². The first-order chi connectivity index (χ1) is 43.4. The molecule has 13 rings (SSSR count). The molecule has 92 heavy (non-hydrogen) atoms. The summed E-state index contributed by atoms with van der Waals surface area (Å²) < 4.78 is 10.1. The van der Waals surface area contributed by atoms with Crippen molar-refractivity contribution < 1.29 is 41.1 Å². The van der Waals surface area contributed by atoms with Gasteiger partial charge >= 0.3 is 19.9 Å². The number of rotatable bonds is 8. The van der Waals surface area contributed by atoms with E-state index in [1.54, 1.807) is 9.47 Å². The SMILES string of the molecule is Cc1cc2c(cc1N(C)C)N(C)c1cc(N(C)C)ccc1C2.Cc1cc2c(cc1N(C)C)N(C)c1cc(N(C)C)ccc1N2C(=O)On1c(-c2ccccc2)csc1=S.O=C(Cl)Cl.O=c1o[n+]2c(-c3ccccc3)csc2s1.On1c(-c2ccccc2)csc1=S.[Cl-]. The minimum absolute atomic E-state index is 0. The highest BCUT2D eigenvalue weighted by Gasteiger charge is 2.34. The molecule has 7 aromatic carbocycles. The summed E-state index contributed by atoms with van der Waals surface area (Å²) in [5.74, 6) is 0. The number of amides is 1. The molecular formula is C67H67Cl3N10O6S6. The number of carbonyl (C=O) groups excluding carboxylic acids is 2. The lowest BCUT2D eigenvalue weighted by molar-refractivity contribution is -0.706. The van der Waals surface area contributed by atoms with Crippen molar-refractivity contribution >= 4 is 165 Å². The molecule has 0 bridgehead atoms. The first kappa shape index (κ1) is 69.9. The molecule has 0 saturated heterocycles. The fourth-order valence-electron chi connectivity index (χ4n) is 10.4. The van der Waals surface area contributed by atoms with Gasteiger partial charge in [0.25, 0.3) is 5.69 Å². The third-order valence-corrected chi connectivity index (χ3v) is 19.1. The highest BCUT2D eigenvalue weighted by molar-refractivity contribution is 7.73. The summed E-state index contributed by atoms with van der Waals surface area (Å²) in [5, 5.41) is 15.3. The van der Waals surface area contributed by atoms with Crippen LogP contribution in [-0.4, -0.2) is 95.9 Å². The Balaban J connectivity index is 0.000000167. The molecule has 0 fully saturated rings. The summed E-state index contributed by atoms with van der Waals surface area (Å²) >= 11 is 24.6. The summed E-state index contributed by atoms with van der Waals surface area (Å²) in [5.41, 5.74) is 21.1. The van der Waals surface area contributed by atoms with Crippen LogP contribution in [0.2, 0.25) is 0 Å². The second-order valence-corrected chi connectivity index (χ2v) is 27.7. The molecule has 0 unspecified atom stereocenters. The van der Waals surface area contributed by atoms with Crippen molar-refractivity contribution in [1.82, 2.24) is 9.46 Å². The second-order valence-electron chi connectivity index (χ2n) is 21.8. The Hall–Kier alpha value is -8.03. The number of thiazole rings is 3. The molecule has 16 nitrogen and oxygen atoms in total. The van der Waals surface area contributed by atoms with Crippen LogP contribution in [0.15, 0.2) is 177 Å². The molecule has 0 saturated carbocycles. The second kappa shape index (κ2) is 30.6. The van der Waals surface area contributed by atoms with Gasteiger partial charge in [-0.25, -0.2) is 14.5 Å². The van der Waals surface area contributed by atoms with Gasteiger partial charge in [0.1, 0.15) is 5.69 Å². The van der Waals surface area contributed by atoms with Crippen molar-refractivity contribution in [2.24, 2.45) is 0 Å². The standard InChI is InChI=1S/C28H29N5O2S2.C19H25N3.C10H6NO2S2.C9H7NOS2.CCl2O.ClH/c1-18-14-25-24(16-22(18)30(4)5)31(6)23-15-20(29(2)3)12-13-21(23)32(25)27(34)35-33-26(17-37-28(33)36)19-10-8-7-9-11-19;1-13-9-15-10-14-7-8-16(20(2)3)11-18(14)22(6)19(15)12-17(13)21(4)5;12-10-13-11-8(6-14-9(11)15-10)7-4-2-1-3-5-7;11-10-8(6-13-9(10)12)7-4-2-1-3-5-7;2-1(3)4;/h7-17H,1-6H3;7-9,11-12H,10H2,1-6H3;1-6H;1-6,11H;;1H/q;;+1;;;/p-1. The van der Waals surface area contributed by atoms with E-state index in [-0.39, 0.29) is 17.3 Å². The van der Waals surface area contributed by atoms with E-state index in [0.29, 0.717) is 7.91 Å². The minimum Gasteiger partial charge on any atom is -1.00 e. The highest BCUT2D eigenvalue weighted by Crippen LogP contribution is 2.50. The number of benzene rings is 7. The molecule has 1 amide bonds. The Labute approximate surface area is 577 Å². The average molecular weight is 1410 g/mol. The van der Waals surface area contributed by atoms with E-state index >= 15 is 0 Å². The number of aromatic nitrogens is 3. The quantitative estimate of drug-likeness (QED) is 0.0670. The third kappa shape index (κ3) is 15.7. The highest BCUT2D eigenvalue weighted by atomic mass is 35.5. The van der Waals surface area contributed by atoms with Gasteiger partial charge in [0, 0.05) is 144 Å². The number of hydrogen-bond acceptors (Lipinski definition) is 18. The number of nitrogens with zero attached hydrogens (tertiary/aromatic N) is 10. The molecule has 0 aliphatic carbocycles. The third-order valence-electron chi connectivity index (χ3n) is 14.9. The number of fused-ring (bicyclic) bond motifs is 5. The molecule has 0 spiro atoms. The predicted octanol–water partition coefficient (Wildman–Crippen LogP) is 14.6. The van der Waals surface area contributed by atoms with Gasteiger partial charge in [0.15, 0.2) is 7.91 Å². The summed E-state index contributed by atoms with van der Waals surface area (Å²) in [6.07, 6.45) is 0.481. The van der Waals surface area contributed by atoms with Crippen LogP contribution in [0.1, 0.15) is 22.3 Å². The van der Waals surface area contributed by atoms with E-state index in [2.05, 4.69) is 132 Å². The zero-order valence-corrected chi connectivity index (χ0v) is 59.6. The molecule has 2 aliphatic heterocycles. The van der Waals surface area contributed by atoms with E-state index in [9.17, 15) is 14.8 Å². The first-order valence-electron chi connectivity index (χ1n) is 28.2. The summed E-state index contributed by atoms with van der Waals surface area (Å²) in [4.78, 5) is 54.4. The van der Waals surface area contributed by atoms with Crippen LogP contribution in [0.25, 0.3) is 37.9 Å². The van der Waals surface area contributed by atoms with E-state index in [4.69, 9.17) is 38.6 Å². The molecule has 478 valence electrons. The van der Waals surface area contributed by atoms with Crippen molar-refractivity contribution in [3.63, 3.8) is 0 Å². The Kier molecular flexibility index (Phi) is 23.2. The van der Waals surface area contributed by atoms with Crippen molar-refractivity contribution in [1.29, 1.82) is 0 Å². The van der Waals surface area contributed by atoms with Gasteiger partial charge in [0.05, 0.1) is 44.0 Å². The summed E-state index contributed by atoms with van der Waals surface area (Å²) in [7, 11) is 20.6. The van der Waals surface area contributed by atoms with Gasteiger partial charge in [-0.3, -0.25) is 4.79 Å². The molecular weight excluding hydrogens is 1340 g/mol. The van der Waals surface area contributed by atoms with Crippen LogP contribution in [0.5, 0.6) is 0 Å². The molecule has 11 aromatic rings. The number of anilines is 10. The van der Waals surface area contributed by atoms with Crippen molar-refractivity contribution in [3.8, 4) is 33.8 Å². The number of aryl methyl sites for hydroxylation is 2. The normalized spacial score (nSPS) is 11.4. The Morgan fingerprint density at radius 2 is 1.04 bits per heavy atom. The first-order valence-corrected chi connectivity index (χ1v) is 33.2. The summed E-state index contributed by atoms with van der Waals surface area (Å²) in [6.45, 7) is 4.24. The van der Waals surface area contributed by atoms with Gasteiger partial charge in [0.2, 0.25) is 0 Å². The maximum Gasteiger partial charge on any atom is 0.467 e. The van der Waals surface area contributed by atoms with Crippen LogP contribution in [0.3, 0.4) is 0 Å². The van der Waals surface area contributed by atoms with Crippen molar-refractivity contribution in [3.05, 3.63) is 208 Å². The molecule has 1 N–H and O–H groups in total. The lowest BCUT2D eigenvalue weighted by Crippen LogP contribution is -3.00. The van der Waals surface area contributed by atoms with Crippen LogP contribution >= 0.6 is 93.0 Å². The summed E-state index contributed by atoms with van der Waals surface area (Å²) in [6, 6.07) is 50.9. The van der Waals surface area contributed by atoms with Crippen molar-refractivity contribution in [2.75, 3.05) is 105 Å². The smallest absolute Gasteiger partial charge is 0.467 e. The van der Waals surface area contributed by atoms with E-state index in [1.165, 1.54) is 78.2 Å². The lowest BCUT2D eigenvalue weighted by Gasteiger charge is -2.38. The molecule has 6 heterocycles. The topological polar surface area (TPSA) is 130 Å².